The summed E-state index contributed by atoms with van der Waals surface area (Å²) in [5.74, 6) is 0.658. The van der Waals surface area contributed by atoms with Crippen LogP contribution in [0.25, 0.3) is 0 Å². The minimum atomic E-state index is -0.892. The van der Waals surface area contributed by atoms with Crippen molar-refractivity contribution in [1.82, 2.24) is 4.90 Å². The molecule has 0 bridgehead atoms. The van der Waals surface area contributed by atoms with Crippen LogP contribution in [-0.2, 0) is 0 Å². The average molecular weight is 368 g/mol. The predicted octanol–water partition coefficient (Wildman–Crippen LogP) is 3.97. The van der Waals surface area contributed by atoms with E-state index in [0.717, 1.165) is 0 Å². The number of hydrogen-bond acceptors (Lipinski definition) is 5. The van der Waals surface area contributed by atoms with Crippen LogP contribution < -0.4 is 10.1 Å². The molecule has 1 aliphatic heterocycles. The van der Waals surface area contributed by atoms with E-state index >= 15 is 0 Å². The van der Waals surface area contributed by atoms with Gasteiger partial charge in [-0.1, -0.05) is 26.8 Å². The van der Waals surface area contributed by atoms with Crippen molar-refractivity contribution in [2.45, 2.75) is 45.8 Å². The molecule has 0 aromatic heterocycles. The number of nitriles is 2. The second-order valence-corrected chi connectivity index (χ2v) is 7.58. The Kier molecular flexibility index (Phi) is 6.31. The van der Waals surface area contributed by atoms with E-state index in [1.165, 1.54) is 11.1 Å². The lowest BCUT2D eigenvalue weighted by Crippen LogP contribution is -2.53. The van der Waals surface area contributed by atoms with Gasteiger partial charge in [0.2, 0.25) is 0 Å². The van der Waals surface area contributed by atoms with E-state index in [1.807, 2.05) is 32.9 Å². The number of rotatable bonds is 4. The first-order chi connectivity index (χ1) is 12.7. The molecule has 1 heterocycles. The van der Waals surface area contributed by atoms with Gasteiger partial charge in [-0.25, -0.2) is 4.79 Å². The van der Waals surface area contributed by atoms with E-state index in [-0.39, 0.29) is 23.1 Å². The highest BCUT2D eigenvalue weighted by atomic mass is 16.5. The molecule has 2 rings (SSSR count). The average Bonchev–Trinajstić information content (AvgIpc) is 2.62. The van der Waals surface area contributed by atoms with Gasteiger partial charge in [0.25, 0.3) is 0 Å². The highest BCUT2D eigenvalue weighted by Crippen LogP contribution is 2.34. The topological polar surface area (TPSA) is 109 Å². The minimum Gasteiger partial charge on any atom is -0.490 e. The van der Waals surface area contributed by atoms with E-state index in [2.05, 4.69) is 5.32 Å². The number of carboxylic acid groups (broad SMARTS) is 1. The summed E-state index contributed by atoms with van der Waals surface area (Å²) in [6, 6.07) is 10.7. The second kappa shape index (κ2) is 8.46. The van der Waals surface area contributed by atoms with E-state index < -0.39 is 6.09 Å². The smallest absolute Gasteiger partial charge is 0.407 e. The number of anilines is 1. The number of nitrogens with one attached hydrogen (secondary N) is 1. The largest absolute Gasteiger partial charge is 0.490 e. The van der Waals surface area contributed by atoms with Gasteiger partial charge in [0.15, 0.2) is 0 Å². The fourth-order valence-electron chi connectivity index (χ4n) is 3.19. The third kappa shape index (κ3) is 5.39. The van der Waals surface area contributed by atoms with Gasteiger partial charge in [-0.3, -0.25) is 0 Å². The van der Waals surface area contributed by atoms with Crippen LogP contribution in [0.15, 0.2) is 36.0 Å². The summed E-state index contributed by atoms with van der Waals surface area (Å²) in [5, 5.41) is 29.9. The van der Waals surface area contributed by atoms with Crippen molar-refractivity contribution < 1.29 is 14.6 Å². The number of benzene rings is 1. The normalized spacial score (nSPS) is 19.4. The third-order valence-corrected chi connectivity index (χ3v) is 4.56. The zero-order valence-corrected chi connectivity index (χ0v) is 15.8. The number of hydrogen-bond donors (Lipinski definition) is 2. The lowest BCUT2D eigenvalue weighted by atomic mass is 9.80. The zero-order chi connectivity index (χ0) is 20.0. The molecule has 0 spiro atoms. The molecule has 0 aliphatic carbocycles. The summed E-state index contributed by atoms with van der Waals surface area (Å²) in [6.07, 6.45) is 1.63. The van der Waals surface area contributed by atoms with Crippen LogP contribution in [0.5, 0.6) is 5.75 Å². The highest BCUT2D eigenvalue weighted by Gasteiger charge is 2.39. The summed E-state index contributed by atoms with van der Waals surface area (Å²) >= 11 is 0. The molecule has 0 radical (unpaired) electrons. The molecule has 1 fully saturated rings. The number of allylic oxidation sites excluding steroid dienone is 1. The minimum absolute atomic E-state index is 0.0182. The molecule has 7 heteroatoms. The van der Waals surface area contributed by atoms with Gasteiger partial charge < -0.3 is 20.1 Å². The molecular formula is C20H24N4O3. The van der Waals surface area contributed by atoms with Gasteiger partial charge >= 0.3 is 6.09 Å². The van der Waals surface area contributed by atoms with E-state index in [4.69, 9.17) is 15.3 Å². The van der Waals surface area contributed by atoms with E-state index in [1.54, 1.807) is 24.3 Å². The lowest BCUT2D eigenvalue weighted by molar-refractivity contribution is 0.0130. The van der Waals surface area contributed by atoms with Crippen molar-refractivity contribution in [3.63, 3.8) is 0 Å². The molecule has 1 aromatic carbocycles. The monoisotopic (exact) mass is 368 g/mol. The van der Waals surface area contributed by atoms with E-state index in [9.17, 15) is 9.90 Å². The Bertz CT molecular complexity index is 783. The summed E-state index contributed by atoms with van der Waals surface area (Å²) in [5.41, 5.74) is 0.501. The molecule has 2 N–H and O–H groups in total. The van der Waals surface area contributed by atoms with Crippen LogP contribution in [-0.4, -0.2) is 34.8 Å². The fourth-order valence-corrected chi connectivity index (χ4v) is 3.19. The number of ether oxygens (including phenoxy) is 1. The molecule has 1 aliphatic rings. The number of nitrogens with zero attached hydrogens (tertiary/aromatic N) is 3. The zero-order valence-electron chi connectivity index (χ0n) is 15.8. The molecular weight excluding hydrogens is 344 g/mol. The maximum Gasteiger partial charge on any atom is 0.407 e. The maximum atomic E-state index is 11.5. The Hall–Kier alpha value is -3.19. The molecule has 2 unspecified atom stereocenters. The molecule has 142 valence electrons. The summed E-state index contributed by atoms with van der Waals surface area (Å²) < 4.78 is 6.10. The van der Waals surface area contributed by atoms with Crippen molar-refractivity contribution in [3.05, 3.63) is 36.0 Å². The molecule has 27 heavy (non-hydrogen) atoms. The summed E-state index contributed by atoms with van der Waals surface area (Å²) in [7, 11) is 0. The summed E-state index contributed by atoms with van der Waals surface area (Å²) in [4.78, 5) is 13.0. The van der Waals surface area contributed by atoms with Crippen molar-refractivity contribution in [2.75, 3.05) is 11.9 Å². The van der Waals surface area contributed by atoms with Crippen LogP contribution in [0.3, 0.4) is 0 Å². The fraction of sp³-hybridized carbons (Fsp3) is 0.450. The van der Waals surface area contributed by atoms with Crippen LogP contribution in [0.1, 0.15) is 33.6 Å². The quantitative estimate of drug-likeness (QED) is 0.778. The van der Waals surface area contributed by atoms with Crippen molar-refractivity contribution in [3.8, 4) is 17.9 Å². The van der Waals surface area contributed by atoms with Crippen LogP contribution in [0, 0.1) is 28.1 Å². The highest BCUT2D eigenvalue weighted by molar-refractivity contribution is 5.65. The Morgan fingerprint density at radius 2 is 2.07 bits per heavy atom. The molecule has 1 amide bonds. The van der Waals surface area contributed by atoms with Gasteiger partial charge in [0.1, 0.15) is 29.6 Å². The van der Waals surface area contributed by atoms with Crippen molar-refractivity contribution in [1.29, 1.82) is 10.5 Å². The van der Waals surface area contributed by atoms with Crippen LogP contribution in [0.2, 0.25) is 0 Å². The van der Waals surface area contributed by atoms with Crippen molar-refractivity contribution >= 4 is 11.8 Å². The Labute approximate surface area is 159 Å². The first-order valence-electron chi connectivity index (χ1n) is 8.77. The molecule has 1 aromatic rings. The molecule has 0 saturated carbocycles. The van der Waals surface area contributed by atoms with Gasteiger partial charge in [0, 0.05) is 43.4 Å². The van der Waals surface area contributed by atoms with Gasteiger partial charge in [0.05, 0.1) is 0 Å². The Balaban J connectivity index is 2.08. The first-order valence-corrected chi connectivity index (χ1v) is 8.77. The number of likely N-dealkylation sites (tertiary alicyclic amines) is 1. The third-order valence-electron chi connectivity index (χ3n) is 4.56. The van der Waals surface area contributed by atoms with Crippen LogP contribution >= 0.6 is 0 Å². The van der Waals surface area contributed by atoms with Crippen molar-refractivity contribution in [2.24, 2.45) is 5.41 Å². The van der Waals surface area contributed by atoms with Gasteiger partial charge in [-0.15, -0.1) is 0 Å². The van der Waals surface area contributed by atoms with Gasteiger partial charge in [-0.05, 0) is 17.5 Å². The molecule has 2 atom stereocenters. The maximum absolute atomic E-state index is 11.5. The predicted molar refractivity (Wildman–Crippen MR) is 101 cm³/mol. The summed E-state index contributed by atoms with van der Waals surface area (Å²) in [6.45, 7) is 6.55. The Morgan fingerprint density at radius 3 is 2.67 bits per heavy atom. The Morgan fingerprint density at radius 1 is 1.37 bits per heavy atom. The molecule has 1 saturated heterocycles. The first kappa shape index (κ1) is 20.1. The SMILES string of the molecule is CC(C)(C)C1CC(Oc2cccc(NC=C(C#N)C#N)c2)CCN1C(=O)O. The van der Waals surface area contributed by atoms with Crippen LogP contribution in [0.4, 0.5) is 10.5 Å². The number of amides is 1. The lowest BCUT2D eigenvalue weighted by Gasteiger charge is -2.44. The second-order valence-electron chi connectivity index (χ2n) is 7.58. The van der Waals surface area contributed by atoms with Gasteiger partial charge in [-0.2, -0.15) is 10.5 Å². The molecule has 7 nitrogen and oxygen atoms in total. The van der Waals surface area contributed by atoms with E-state index in [0.29, 0.717) is 30.8 Å². The number of carbonyl (C=O) groups is 1. The standard InChI is InChI=1S/C20H24N4O3/c1-20(2,3)18-10-17(7-8-24(18)19(25)26)27-16-6-4-5-15(9-16)23-13-14(11-21)12-22/h4-6,9,13,17-18,23H,7-8,10H2,1-3H3,(H,25,26). The number of piperidine rings is 1.